The van der Waals surface area contributed by atoms with Crippen LogP contribution in [0.25, 0.3) is 11.1 Å². The van der Waals surface area contributed by atoms with E-state index in [9.17, 15) is 26.3 Å². The van der Waals surface area contributed by atoms with Crippen LogP contribution in [-0.4, -0.2) is 4.98 Å². The Kier molecular flexibility index (Phi) is 3.84. The summed E-state index contributed by atoms with van der Waals surface area (Å²) < 4.78 is 79.8. The molecular formula is C13H4F6N2. The first-order valence-electron chi connectivity index (χ1n) is 5.41. The lowest BCUT2D eigenvalue weighted by Gasteiger charge is -2.11. The Labute approximate surface area is 114 Å². The topological polar surface area (TPSA) is 36.7 Å². The third kappa shape index (κ3) is 2.42. The highest BCUT2D eigenvalue weighted by atomic mass is 19.2. The normalized spacial score (nSPS) is 10.5. The Morgan fingerprint density at radius 2 is 1.43 bits per heavy atom. The van der Waals surface area contributed by atoms with Crippen molar-refractivity contribution in [3.8, 4) is 17.2 Å². The Bertz CT molecular complexity index is 737. The molecule has 0 fully saturated rings. The number of halogens is 6. The van der Waals surface area contributed by atoms with Crippen LogP contribution in [0.3, 0.4) is 0 Å². The molecule has 21 heavy (non-hydrogen) atoms. The molecule has 0 bridgehead atoms. The number of pyridine rings is 1. The molecule has 0 radical (unpaired) electrons. The predicted octanol–water partition coefficient (Wildman–Crippen LogP) is 3.65. The van der Waals surface area contributed by atoms with E-state index in [1.165, 1.54) is 0 Å². The van der Waals surface area contributed by atoms with Gasteiger partial charge < -0.3 is 0 Å². The van der Waals surface area contributed by atoms with Crippen LogP contribution >= 0.6 is 0 Å². The summed E-state index contributed by atoms with van der Waals surface area (Å²) in [6, 6.07) is 2.16. The molecular weight excluding hydrogens is 298 g/mol. The maximum Gasteiger partial charge on any atom is 0.200 e. The third-order valence-electron chi connectivity index (χ3n) is 2.66. The van der Waals surface area contributed by atoms with Crippen LogP contribution in [0.1, 0.15) is 5.69 Å². The van der Waals surface area contributed by atoms with E-state index in [0.29, 0.717) is 12.3 Å². The third-order valence-corrected chi connectivity index (χ3v) is 2.66. The number of aromatic nitrogens is 1. The van der Waals surface area contributed by atoms with Gasteiger partial charge in [0.2, 0.25) is 5.82 Å². The molecule has 0 atom stereocenters. The summed E-state index contributed by atoms with van der Waals surface area (Å²) in [4.78, 5) is 3.44. The van der Waals surface area contributed by atoms with Gasteiger partial charge in [-0.1, -0.05) is 0 Å². The molecule has 1 aromatic carbocycles. The zero-order valence-corrected chi connectivity index (χ0v) is 10.0. The van der Waals surface area contributed by atoms with Gasteiger partial charge in [-0.3, -0.25) is 4.98 Å². The van der Waals surface area contributed by atoms with Crippen molar-refractivity contribution >= 4 is 0 Å². The molecule has 0 aliphatic rings. The smallest absolute Gasteiger partial charge is 0.200 e. The Balaban J connectivity index is 2.85. The quantitative estimate of drug-likeness (QED) is 0.482. The fourth-order valence-corrected chi connectivity index (χ4v) is 1.74. The van der Waals surface area contributed by atoms with E-state index in [2.05, 4.69) is 4.98 Å². The number of hydrogen-bond acceptors (Lipinski definition) is 2. The number of rotatable bonds is 2. The van der Waals surface area contributed by atoms with Gasteiger partial charge in [0, 0.05) is 5.56 Å². The van der Waals surface area contributed by atoms with E-state index in [-0.39, 0.29) is 5.69 Å². The van der Waals surface area contributed by atoms with E-state index in [0.717, 1.165) is 0 Å². The fourth-order valence-electron chi connectivity index (χ4n) is 1.74. The molecule has 0 unspecified atom stereocenters. The lowest BCUT2D eigenvalue weighted by atomic mass is 10.0. The average molecular weight is 302 g/mol. The molecule has 0 aliphatic carbocycles. The predicted molar refractivity (Wildman–Crippen MR) is 58.7 cm³/mol. The zero-order chi connectivity index (χ0) is 15.7. The van der Waals surface area contributed by atoms with Gasteiger partial charge in [0.25, 0.3) is 0 Å². The van der Waals surface area contributed by atoms with Crippen molar-refractivity contribution in [1.29, 1.82) is 5.26 Å². The summed E-state index contributed by atoms with van der Waals surface area (Å²) in [6.07, 6.45) is 0.178. The first-order chi connectivity index (χ1) is 9.88. The number of benzene rings is 1. The summed E-state index contributed by atoms with van der Waals surface area (Å²) >= 11 is 0. The molecule has 1 aromatic heterocycles. The molecule has 108 valence electrons. The summed E-state index contributed by atoms with van der Waals surface area (Å²) in [5, 5.41) is 8.57. The lowest BCUT2D eigenvalue weighted by molar-refractivity contribution is 0.381. The minimum Gasteiger partial charge on any atom is -0.257 e. The van der Waals surface area contributed by atoms with Crippen LogP contribution in [0.2, 0.25) is 0 Å². The Morgan fingerprint density at radius 1 is 0.905 bits per heavy atom. The maximum absolute atomic E-state index is 13.7. The number of nitrogens with zero attached hydrogens (tertiary/aromatic N) is 2. The average Bonchev–Trinajstić information content (AvgIpc) is 2.46. The van der Waals surface area contributed by atoms with E-state index in [1.807, 2.05) is 0 Å². The molecule has 0 aliphatic heterocycles. The Morgan fingerprint density at radius 3 is 1.95 bits per heavy atom. The van der Waals surface area contributed by atoms with Gasteiger partial charge in [-0.15, -0.1) is 0 Å². The molecule has 1 heterocycles. The monoisotopic (exact) mass is 302 g/mol. The zero-order valence-electron chi connectivity index (χ0n) is 10.0. The van der Waals surface area contributed by atoms with E-state index in [4.69, 9.17) is 5.26 Å². The summed E-state index contributed by atoms with van der Waals surface area (Å²) in [5.74, 6) is -11.9. The van der Waals surface area contributed by atoms with Gasteiger partial charge in [0.05, 0.1) is 29.9 Å². The minimum absolute atomic E-state index is 0.304. The summed E-state index contributed by atoms with van der Waals surface area (Å²) in [6.45, 7) is 0. The second-order valence-corrected chi connectivity index (χ2v) is 3.93. The SMILES string of the molecule is N#CCc1ncc(F)cc1-c1c(F)c(F)c(F)c(F)c1F. The number of hydrogen-bond donors (Lipinski definition) is 0. The van der Waals surface area contributed by atoms with Crippen molar-refractivity contribution in [2.45, 2.75) is 6.42 Å². The summed E-state index contributed by atoms with van der Waals surface area (Å²) in [7, 11) is 0. The highest BCUT2D eigenvalue weighted by Gasteiger charge is 2.28. The fraction of sp³-hybridized carbons (Fsp3) is 0.0769. The van der Waals surface area contributed by atoms with Gasteiger partial charge in [0.15, 0.2) is 23.3 Å². The Hall–Kier alpha value is -2.56. The minimum atomic E-state index is -2.32. The van der Waals surface area contributed by atoms with Gasteiger partial charge in [-0.25, -0.2) is 26.3 Å². The second kappa shape index (κ2) is 5.44. The van der Waals surface area contributed by atoms with Crippen LogP contribution in [0, 0.1) is 46.2 Å². The summed E-state index contributed by atoms with van der Waals surface area (Å²) in [5.41, 5.74) is -2.28. The molecule has 0 N–H and O–H groups in total. The van der Waals surface area contributed by atoms with Crippen molar-refractivity contribution in [3.63, 3.8) is 0 Å². The molecule has 0 saturated heterocycles. The van der Waals surface area contributed by atoms with Gasteiger partial charge >= 0.3 is 0 Å². The first kappa shape index (κ1) is 14.8. The molecule has 8 heteroatoms. The first-order valence-corrected chi connectivity index (χ1v) is 5.41. The molecule has 0 amide bonds. The van der Waals surface area contributed by atoms with Crippen LogP contribution in [0.5, 0.6) is 0 Å². The maximum atomic E-state index is 13.7. The van der Waals surface area contributed by atoms with E-state index >= 15 is 0 Å². The standard InChI is InChI=1S/C13H4F6N2/c14-5-3-6(7(1-2-20)21-4-5)8-9(15)11(17)13(19)12(18)10(8)16/h3-4H,1H2. The van der Waals surface area contributed by atoms with Crippen molar-refractivity contribution in [2.24, 2.45) is 0 Å². The van der Waals surface area contributed by atoms with E-state index < -0.39 is 52.5 Å². The van der Waals surface area contributed by atoms with Crippen LogP contribution in [-0.2, 0) is 6.42 Å². The van der Waals surface area contributed by atoms with Gasteiger partial charge in [-0.05, 0) is 6.07 Å². The molecule has 0 spiro atoms. The largest absolute Gasteiger partial charge is 0.257 e. The van der Waals surface area contributed by atoms with Gasteiger partial charge in [0.1, 0.15) is 5.82 Å². The highest BCUT2D eigenvalue weighted by molar-refractivity contribution is 5.68. The van der Waals surface area contributed by atoms with Crippen LogP contribution < -0.4 is 0 Å². The van der Waals surface area contributed by atoms with Crippen LogP contribution in [0.4, 0.5) is 26.3 Å². The molecule has 2 nitrogen and oxygen atoms in total. The highest BCUT2D eigenvalue weighted by Crippen LogP contribution is 2.33. The van der Waals surface area contributed by atoms with Crippen LogP contribution in [0.15, 0.2) is 12.3 Å². The van der Waals surface area contributed by atoms with Crippen molar-refractivity contribution in [3.05, 3.63) is 52.9 Å². The van der Waals surface area contributed by atoms with Crippen molar-refractivity contribution in [2.75, 3.05) is 0 Å². The van der Waals surface area contributed by atoms with Gasteiger partial charge in [-0.2, -0.15) is 5.26 Å². The number of nitriles is 1. The second-order valence-electron chi connectivity index (χ2n) is 3.93. The molecule has 0 saturated carbocycles. The molecule has 2 aromatic rings. The molecule has 2 rings (SSSR count). The van der Waals surface area contributed by atoms with Crippen molar-refractivity contribution < 1.29 is 26.3 Å². The van der Waals surface area contributed by atoms with Crippen molar-refractivity contribution in [1.82, 2.24) is 4.98 Å². The lowest BCUT2D eigenvalue weighted by Crippen LogP contribution is -2.06. The van der Waals surface area contributed by atoms with E-state index in [1.54, 1.807) is 6.07 Å².